The van der Waals surface area contributed by atoms with Crippen LogP contribution < -0.4 is 10.1 Å². The Morgan fingerprint density at radius 1 is 1.22 bits per heavy atom. The second-order valence-corrected chi connectivity index (χ2v) is 8.54. The van der Waals surface area contributed by atoms with Gasteiger partial charge in [-0.05, 0) is 36.2 Å². The minimum Gasteiger partial charge on any atom is -0.497 e. The molecule has 0 saturated carbocycles. The number of aryl methyl sites for hydroxylation is 2. The summed E-state index contributed by atoms with van der Waals surface area (Å²) < 4.78 is 9.40. The number of aromatic nitrogens is 3. The highest BCUT2D eigenvalue weighted by Gasteiger charge is 2.21. The molecule has 4 aromatic rings. The summed E-state index contributed by atoms with van der Waals surface area (Å²) >= 11 is 1.40. The zero-order valence-electron chi connectivity index (χ0n) is 18.1. The number of carbonyl (C=O) groups excluding carboxylic acids is 1. The van der Waals surface area contributed by atoms with Gasteiger partial charge in [-0.25, -0.2) is 9.67 Å². The summed E-state index contributed by atoms with van der Waals surface area (Å²) in [5.74, 6) is 1.82. The van der Waals surface area contributed by atoms with E-state index in [1.165, 1.54) is 17.3 Å². The minimum absolute atomic E-state index is 0.0323. The number of hydrogen-bond donors (Lipinski definition) is 1. The van der Waals surface area contributed by atoms with Gasteiger partial charge in [-0.15, -0.1) is 0 Å². The Labute approximate surface area is 190 Å². The Hall–Kier alpha value is -3.52. The van der Waals surface area contributed by atoms with Crippen molar-refractivity contribution in [2.75, 3.05) is 12.9 Å². The molecule has 3 heterocycles. The Morgan fingerprint density at radius 3 is 2.81 bits per heavy atom. The molecule has 1 saturated heterocycles. The minimum atomic E-state index is -0.0323. The van der Waals surface area contributed by atoms with E-state index in [0.29, 0.717) is 16.7 Å². The van der Waals surface area contributed by atoms with E-state index in [1.54, 1.807) is 7.11 Å². The van der Waals surface area contributed by atoms with Gasteiger partial charge in [-0.2, -0.15) is 5.10 Å². The fourth-order valence-corrected chi connectivity index (χ4v) is 4.65. The fraction of sp³-hybridized carbons (Fsp3) is 0.208. The molecule has 5 rings (SSSR count). The molecular weight excluding hydrogens is 422 g/mol. The van der Waals surface area contributed by atoms with Crippen LogP contribution in [-0.4, -0.2) is 38.3 Å². The van der Waals surface area contributed by atoms with Gasteiger partial charge < -0.3 is 14.6 Å². The van der Waals surface area contributed by atoms with Crippen LogP contribution in [-0.2, 0) is 18.3 Å². The number of fused-ring (bicyclic) bond motifs is 1. The quantitative estimate of drug-likeness (QED) is 0.493. The summed E-state index contributed by atoms with van der Waals surface area (Å²) in [7, 11) is 3.69. The van der Waals surface area contributed by atoms with Crippen LogP contribution >= 0.6 is 11.8 Å². The van der Waals surface area contributed by atoms with Crippen LogP contribution in [0.15, 0.2) is 59.7 Å². The van der Waals surface area contributed by atoms with E-state index >= 15 is 0 Å². The van der Waals surface area contributed by atoms with Gasteiger partial charge in [0.25, 0.3) is 0 Å². The van der Waals surface area contributed by atoms with Gasteiger partial charge in [-0.3, -0.25) is 4.79 Å². The first-order valence-corrected chi connectivity index (χ1v) is 11.4. The molecule has 0 spiro atoms. The first kappa shape index (κ1) is 20.4. The zero-order chi connectivity index (χ0) is 22.2. The predicted octanol–water partition coefficient (Wildman–Crippen LogP) is 4.45. The highest BCUT2D eigenvalue weighted by atomic mass is 32.2. The molecule has 32 heavy (non-hydrogen) atoms. The van der Waals surface area contributed by atoms with Crippen LogP contribution in [0, 0.1) is 0 Å². The summed E-state index contributed by atoms with van der Waals surface area (Å²) in [5, 5.41) is 9.44. The van der Waals surface area contributed by atoms with Crippen molar-refractivity contribution < 1.29 is 9.53 Å². The van der Waals surface area contributed by atoms with Gasteiger partial charge in [0.1, 0.15) is 5.75 Å². The summed E-state index contributed by atoms with van der Waals surface area (Å²) in [6.07, 6.45) is 2.95. The average Bonchev–Trinajstić information content (AvgIpc) is 3.51. The summed E-state index contributed by atoms with van der Waals surface area (Å²) in [5.41, 5.74) is 5.05. The van der Waals surface area contributed by atoms with Gasteiger partial charge in [-0.1, -0.05) is 36.9 Å². The maximum absolute atomic E-state index is 11.7. The van der Waals surface area contributed by atoms with Crippen LogP contribution in [0.1, 0.15) is 12.5 Å². The van der Waals surface area contributed by atoms with Crippen LogP contribution in [0.2, 0.25) is 0 Å². The number of ether oxygens (including phenoxy) is 1. The Balaban J connectivity index is 1.71. The maximum atomic E-state index is 11.7. The molecule has 1 aliphatic rings. The molecule has 0 bridgehead atoms. The van der Waals surface area contributed by atoms with Crippen LogP contribution in [0.5, 0.6) is 5.75 Å². The molecule has 0 unspecified atom stereocenters. The number of methoxy groups -OCH3 is 1. The van der Waals surface area contributed by atoms with E-state index in [0.717, 1.165) is 40.0 Å². The molecule has 0 aliphatic carbocycles. The molecule has 7 nitrogen and oxygen atoms in total. The van der Waals surface area contributed by atoms with E-state index in [2.05, 4.69) is 29.1 Å². The van der Waals surface area contributed by atoms with E-state index < -0.39 is 0 Å². The number of nitrogens with zero attached hydrogens (tertiary/aromatic N) is 4. The van der Waals surface area contributed by atoms with E-state index in [1.807, 2.05) is 54.2 Å². The number of hydrogen-bond acceptors (Lipinski definition) is 5. The van der Waals surface area contributed by atoms with Crippen molar-refractivity contribution in [3.8, 4) is 22.7 Å². The van der Waals surface area contributed by atoms with Crippen molar-refractivity contribution in [3.63, 3.8) is 0 Å². The number of para-hydroxylation sites is 1. The topological polar surface area (TPSA) is 73.4 Å². The monoisotopic (exact) mass is 445 g/mol. The van der Waals surface area contributed by atoms with E-state index in [-0.39, 0.29) is 5.91 Å². The number of benzene rings is 2. The number of carbonyl (C=O) groups is 1. The van der Waals surface area contributed by atoms with Crippen molar-refractivity contribution in [2.45, 2.75) is 13.3 Å². The van der Waals surface area contributed by atoms with Gasteiger partial charge in [0, 0.05) is 35.8 Å². The van der Waals surface area contributed by atoms with Gasteiger partial charge >= 0.3 is 0 Å². The Bertz CT molecular complexity index is 1370. The van der Waals surface area contributed by atoms with E-state index in [9.17, 15) is 4.79 Å². The lowest BCUT2D eigenvalue weighted by Crippen LogP contribution is -2.20. The molecule has 1 amide bonds. The summed E-state index contributed by atoms with van der Waals surface area (Å²) in [6.45, 7) is 2.12. The predicted molar refractivity (Wildman–Crippen MR) is 129 cm³/mol. The zero-order valence-corrected chi connectivity index (χ0v) is 18.9. The lowest BCUT2D eigenvalue weighted by Gasteiger charge is -2.09. The standard InChI is InChI=1S/C24H23N5O2S/c1-4-15-7-5-6-8-20(15)29-22(25-24-26-23(30)14-32-24)12-19(27-29)18-13-28(2)21-10-9-16(31-3)11-17(18)21/h5-13H,4,14H2,1-3H3,(H,25,26,30). The van der Waals surface area contributed by atoms with Crippen LogP contribution in [0.4, 0.5) is 5.82 Å². The number of amidine groups is 1. The van der Waals surface area contributed by atoms with Crippen molar-refractivity contribution in [1.29, 1.82) is 0 Å². The second kappa shape index (κ2) is 8.20. The van der Waals surface area contributed by atoms with E-state index in [4.69, 9.17) is 14.8 Å². The molecule has 1 N–H and O–H groups in total. The molecule has 0 radical (unpaired) electrons. The number of thioether (sulfide) groups is 1. The molecular formula is C24H23N5O2S. The third-order valence-corrected chi connectivity index (χ3v) is 6.44. The normalized spacial score (nSPS) is 15.0. The number of amides is 1. The molecule has 2 aromatic heterocycles. The molecule has 8 heteroatoms. The van der Waals surface area contributed by atoms with Crippen LogP contribution in [0.25, 0.3) is 27.8 Å². The third-order valence-electron chi connectivity index (χ3n) is 5.57. The SMILES string of the molecule is CCc1ccccc1-n1nc(-c2cn(C)c3ccc(OC)cc23)cc1/N=C1/NC(=O)CS1. The molecule has 0 atom stereocenters. The number of nitrogens with one attached hydrogen (secondary N) is 1. The molecule has 1 aliphatic heterocycles. The smallest absolute Gasteiger partial charge is 0.236 e. The highest BCUT2D eigenvalue weighted by molar-refractivity contribution is 8.15. The van der Waals surface area contributed by atoms with Gasteiger partial charge in [0.2, 0.25) is 5.91 Å². The third kappa shape index (κ3) is 3.56. The van der Waals surface area contributed by atoms with Gasteiger partial charge in [0.15, 0.2) is 11.0 Å². The maximum Gasteiger partial charge on any atom is 0.236 e. The summed E-state index contributed by atoms with van der Waals surface area (Å²) in [4.78, 5) is 16.4. The second-order valence-electron chi connectivity index (χ2n) is 7.57. The Kier molecular flexibility index (Phi) is 5.22. The lowest BCUT2D eigenvalue weighted by molar-refractivity contribution is -0.116. The van der Waals surface area contributed by atoms with Crippen molar-refractivity contribution in [3.05, 3.63) is 60.3 Å². The molecule has 162 valence electrons. The number of aliphatic imine (C=N–C) groups is 1. The van der Waals surface area contributed by atoms with Crippen molar-refractivity contribution in [1.82, 2.24) is 19.7 Å². The highest BCUT2D eigenvalue weighted by Crippen LogP contribution is 2.35. The molecule has 1 fully saturated rings. The average molecular weight is 446 g/mol. The van der Waals surface area contributed by atoms with Gasteiger partial charge in [0.05, 0.1) is 24.2 Å². The first-order valence-electron chi connectivity index (χ1n) is 10.4. The molecule has 2 aromatic carbocycles. The Morgan fingerprint density at radius 2 is 2.06 bits per heavy atom. The number of rotatable bonds is 5. The lowest BCUT2D eigenvalue weighted by atomic mass is 10.1. The first-order chi connectivity index (χ1) is 15.6. The van der Waals surface area contributed by atoms with Crippen molar-refractivity contribution in [2.24, 2.45) is 12.0 Å². The summed E-state index contributed by atoms with van der Waals surface area (Å²) in [6, 6.07) is 16.2. The van der Waals surface area contributed by atoms with Crippen molar-refractivity contribution >= 4 is 39.6 Å². The largest absolute Gasteiger partial charge is 0.497 e. The van der Waals surface area contributed by atoms with Crippen LogP contribution in [0.3, 0.4) is 0 Å². The fourth-order valence-electron chi connectivity index (χ4n) is 3.97.